The van der Waals surface area contributed by atoms with Crippen molar-refractivity contribution in [3.8, 4) is 5.75 Å². The predicted octanol–water partition coefficient (Wildman–Crippen LogP) is 4.92. The van der Waals surface area contributed by atoms with Crippen LogP contribution in [0.5, 0.6) is 5.75 Å². The average molecular weight is 593 g/mol. The van der Waals surface area contributed by atoms with Crippen LogP contribution in [0.25, 0.3) is 0 Å². The first-order valence-electron chi connectivity index (χ1n) is 10.0. The molecule has 4 rings (SSSR count). The number of aromatic nitrogens is 2. The van der Waals surface area contributed by atoms with Crippen molar-refractivity contribution < 1.29 is 19.2 Å². The number of rotatable bonds is 6. The summed E-state index contributed by atoms with van der Waals surface area (Å²) in [5.74, 6) is 0.352. The molecule has 0 unspecified atom stereocenters. The minimum absolute atomic E-state index is 0.211. The second-order valence-corrected chi connectivity index (χ2v) is 9.16. The molecule has 34 heavy (non-hydrogen) atoms. The average Bonchev–Trinajstić information content (AvgIpc) is 3.37. The first kappa shape index (κ1) is 23.9. The van der Waals surface area contributed by atoms with Crippen LogP contribution in [0.15, 0.2) is 56.5 Å². The van der Waals surface area contributed by atoms with Gasteiger partial charge in [0, 0.05) is 28.1 Å². The summed E-state index contributed by atoms with van der Waals surface area (Å²) < 4.78 is 14.3. The van der Waals surface area contributed by atoms with Crippen molar-refractivity contribution in [2.75, 3.05) is 7.11 Å². The SMILES string of the molecule is COc1ccc([C@@H]2OC(c3ccc(Br)cc3)=NN2C(C)=O)cc1Cn1nc([N+](=O)[O-])c(Br)c1C. The molecule has 3 aromatic rings. The number of nitrogens with zero attached hydrogens (tertiary/aromatic N) is 5. The molecule has 0 N–H and O–H groups in total. The summed E-state index contributed by atoms with van der Waals surface area (Å²) in [5.41, 5.74) is 2.70. The Kier molecular flexibility index (Phi) is 6.71. The number of benzene rings is 2. The number of halogens is 2. The van der Waals surface area contributed by atoms with Gasteiger partial charge < -0.3 is 19.6 Å². The summed E-state index contributed by atoms with van der Waals surface area (Å²) in [4.78, 5) is 23.1. The third-order valence-electron chi connectivity index (χ3n) is 5.26. The van der Waals surface area contributed by atoms with Crippen LogP contribution < -0.4 is 4.74 Å². The van der Waals surface area contributed by atoms with E-state index in [-0.39, 0.29) is 18.3 Å². The second-order valence-electron chi connectivity index (χ2n) is 7.45. The Morgan fingerprint density at radius 3 is 2.53 bits per heavy atom. The molecule has 1 aliphatic heterocycles. The van der Waals surface area contributed by atoms with Crippen molar-refractivity contribution in [2.24, 2.45) is 5.10 Å². The van der Waals surface area contributed by atoms with Gasteiger partial charge in [0.05, 0.1) is 24.4 Å². The topological polar surface area (TPSA) is 112 Å². The van der Waals surface area contributed by atoms with Crippen molar-refractivity contribution >= 4 is 49.5 Å². The van der Waals surface area contributed by atoms with E-state index in [9.17, 15) is 14.9 Å². The Balaban J connectivity index is 1.68. The maximum atomic E-state index is 12.3. The molecule has 1 amide bonds. The van der Waals surface area contributed by atoms with Gasteiger partial charge >= 0.3 is 5.82 Å². The monoisotopic (exact) mass is 591 g/mol. The lowest BCUT2D eigenvalue weighted by atomic mass is 10.1. The van der Waals surface area contributed by atoms with Gasteiger partial charge in [0.25, 0.3) is 0 Å². The summed E-state index contributed by atoms with van der Waals surface area (Å²) in [6.45, 7) is 3.36. The molecule has 1 atom stereocenters. The molecule has 12 heteroatoms. The number of hydrogen-bond donors (Lipinski definition) is 0. The maximum Gasteiger partial charge on any atom is 0.404 e. The Hall–Kier alpha value is -3.25. The van der Waals surface area contributed by atoms with Crippen molar-refractivity contribution in [3.05, 3.63) is 83.9 Å². The number of carbonyl (C=O) groups is 1. The molecule has 0 aliphatic carbocycles. The van der Waals surface area contributed by atoms with Gasteiger partial charge in [-0.1, -0.05) is 15.9 Å². The molecular formula is C22H19Br2N5O5. The summed E-state index contributed by atoms with van der Waals surface area (Å²) in [7, 11) is 1.54. The zero-order valence-electron chi connectivity index (χ0n) is 18.4. The highest BCUT2D eigenvalue weighted by Gasteiger charge is 2.34. The molecule has 0 radical (unpaired) electrons. The number of ether oxygens (including phenoxy) is 2. The van der Waals surface area contributed by atoms with E-state index in [0.29, 0.717) is 32.9 Å². The van der Waals surface area contributed by atoms with Crippen LogP contribution in [-0.2, 0) is 16.1 Å². The predicted molar refractivity (Wildman–Crippen MR) is 130 cm³/mol. The standard InChI is InChI=1S/C22H19Br2N5O5/c1-12-19(24)20(29(31)32)25-27(12)11-16-10-15(6-9-18(16)33-3)22-28(13(2)30)26-21(34-22)14-4-7-17(23)8-5-14/h4-10,22H,11H2,1-3H3/t22-/m0/s1. The second kappa shape index (κ2) is 9.55. The van der Waals surface area contributed by atoms with Gasteiger partial charge in [-0.15, -0.1) is 5.10 Å². The van der Waals surface area contributed by atoms with E-state index in [4.69, 9.17) is 9.47 Å². The van der Waals surface area contributed by atoms with Crippen molar-refractivity contribution in [1.29, 1.82) is 0 Å². The Morgan fingerprint density at radius 1 is 1.24 bits per heavy atom. The number of carbonyl (C=O) groups excluding carboxylic acids is 1. The van der Waals surface area contributed by atoms with Gasteiger partial charge in [-0.3, -0.25) is 4.79 Å². The van der Waals surface area contributed by atoms with Crippen LogP contribution in [0.1, 0.15) is 35.5 Å². The fourth-order valence-electron chi connectivity index (χ4n) is 3.51. The van der Waals surface area contributed by atoms with E-state index in [2.05, 4.69) is 42.1 Å². The third-order valence-corrected chi connectivity index (χ3v) is 6.71. The zero-order valence-corrected chi connectivity index (χ0v) is 21.5. The minimum atomic E-state index is -0.777. The van der Waals surface area contributed by atoms with Gasteiger partial charge in [-0.25, -0.2) is 0 Å². The number of methoxy groups -OCH3 is 1. The largest absolute Gasteiger partial charge is 0.496 e. The smallest absolute Gasteiger partial charge is 0.404 e. The van der Waals surface area contributed by atoms with E-state index < -0.39 is 11.2 Å². The quantitative estimate of drug-likeness (QED) is 0.297. The fourth-order valence-corrected chi connectivity index (χ4v) is 4.20. The normalized spacial score (nSPS) is 15.1. The molecule has 176 valence electrons. The van der Waals surface area contributed by atoms with Gasteiger partial charge in [0.2, 0.25) is 18.0 Å². The molecule has 2 heterocycles. The van der Waals surface area contributed by atoms with E-state index in [1.54, 1.807) is 19.1 Å². The first-order valence-corrected chi connectivity index (χ1v) is 11.6. The number of amides is 1. The maximum absolute atomic E-state index is 12.3. The molecule has 10 nitrogen and oxygen atoms in total. The summed E-state index contributed by atoms with van der Waals surface area (Å²) in [6.07, 6.45) is -0.777. The number of hydrazone groups is 1. The van der Waals surface area contributed by atoms with Gasteiger partial charge in [-0.2, -0.15) is 9.69 Å². The van der Waals surface area contributed by atoms with E-state index in [1.807, 2.05) is 30.3 Å². The minimum Gasteiger partial charge on any atom is -0.496 e. The van der Waals surface area contributed by atoms with Crippen LogP contribution in [0.2, 0.25) is 0 Å². The molecule has 0 fully saturated rings. The Morgan fingerprint density at radius 2 is 1.94 bits per heavy atom. The van der Waals surface area contributed by atoms with Gasteiger partial charge in [-0.05, 0) is 70.2 Å². The molecule has 1 aromatic heterocycles. The lowest BCUT2D eigenvalue weighted by Gasteiger charge is -2.20. The van der Waals surface area contributed by atoms with Crippen LogP contribution in [0.3, 0.4) is 0 Å². The van der Waals surface area contributed by atoms with E-state index in [1.165, 1.54) is 23.7 Å². The number of nitro groups is 1. The number of hydrogen-bond acceptors (Lipinski definition) is 7. The van der Waals surface area contributed by atoms with Gasteiger partial charge in [0.1, 0.15) is 10.2 Å². The molecule has 1 aliphatic rings. The molecule has 0 bridgehead atoms. The molecule has 0 spiro atoms. The van der Waals surface area contributed by atoms with Crippen LogP contribution in [-0.4, -0.2) is 38.6 Å². The zero-order chi connectivity index (χ0) is 24.6. The molecular weight excluding hydrogens is 574 g/mol. The summed E-state index contributed by atoms with van der Waals surface area (Å²) >= 11 is 6.64. The highest BCUT2D eigenvalue weighted by Crippen LogP contribution is 2.34. The van der Waals surface area contributed by atoms with Crippen molar-refractivity contribution in [1.82, 2.24) is 14.8 Å². The molecule has 2 aromatic carbocycles. The Bertz CT molecular complexity index is 1310. The lowest BCUT2D eigenvalue weighted by Crippen LogP contribution is -2.25. The third kappa shape index (κ3) is 4.55. The first-order chi connectivity index (χ1) is 16.2. The van der Waals surface area contributed by atoms with Crippen LogP contribution in [0, 0.1) is 17.0 Å². The van der Waals surface area contributed by atoms with Gasteiger partial charge in [0.15, 0.2) is 0 Å². The van der Waals surface area contributed by atoms with Crippen molar-refractivity contribution in [2.45, 2.75) is 26.6 Å². The lowest BCUT2D eigenvalue weighted by molar-refractivity contribution is -0.390. The summed E-state index contributed by atoms with van der Waals surface area (Å²) in [6, 6.07) is 12.8. The van der Waals surface area contributed by atoms with E-state index >= 15 is 0 Å². The van der Waals surface area contributed by atoms with Crippen molar-refractivity contribution in [3.63, 3.8) is 0 Å². The van der Waals surface area contributed by atoms with Crippen LogP contribution in [0.4, 0.5) is 5.82 Å². The molecule has 0 saturated carbocycles. The molecule has 0 saturated heterocycles. The highest BCUT2D eigenvalue weighted by atomic mass is 79.9. The highest BCUT2D eigenvalue weighted by molar-refractivity contribution is 9.10. The van der Waals surface area contributed by atoms with E-state index in [0.717, 1.165) is 10.0 Å². The van der Waals surface area contributed by atoms with Crippen LogP contribution >= 0.6 is 31.9 Å². The Labute approximate surface area is 211 Å². The fraction of sp³-hybridized carbons (Fsp3) is 0.227. The summed E-state index contributed by atoms with van der Waals surface area (Å²) in [5, 5.41) is 21.0.